The minimum Gasteiger partial charge on any atom is -0.486 e. The molecule has 7 nitrogen and oxygen atoms in total. The first-order valence-corrected chi connectivity index (χ1v) is 9.68. The molecule has 28 heavy (non-hydrogen) atoms. The second-order valence-electron chi connectivity index (χ2n) is 6.60. The molecule has 1 aromatic carbocycles. The first kappa shape index (κ1) is 18.2. The molecule has 8 heteroatoms. The van der Waals surface area contributed by atoms with Crippen molar-refractivity contribution in [2.45, 2.75) is 13.0 Å². The molecule has 1 aliphatic rings. The molecule has 1 amide bonds. The van der Waals surface area contributed by atoms with Crippen LogP contribution >= 0.6 is 11.3 Å². The van der Waals surface area contributed by atoms with Gasteiger partial charge in [0.1, 0.15) is 17.6 Å². The van der Waals surface area contributed by atoms with Crippen molar-refractivity contribution in [1.82, 2.24) is 14.5 Å². The Balaban J connectivity index is 1.33. The minimum absolute atomic E-state index is 0.0548. The van der Waals surface area contributed by atoms with E-state index in [1.165, 1.54) is 17.4 Å². The number of thiazole rings is 1. The van der Waals surface area contributed by atoms with Crippen molar-refractivity contribution in [3.05, 3.63) is 69.6 Å². The number of ether oxygens (including phenoxy) is 2. The van der Waals surface area contributed by atoms with E-state index in [2.05, 4.69) is 4.98 Å². The van der Waals surface area contributed by atoms with Crippen molar-refractivity contribution in [1.29, 1.82) is 0 Å². The van der Waals surface area contributed by atoms with Gasteiger partial charge in [0.25, 0.3) is 16.7 Å². The number of benzene rings is 1. The summed E-state index contributed by atoms with van der Waals surface area (Å²) in [6, 6.07) is 10.3. The van der Waals surface area contributed by atoms with E-state index in [4.69, 9.17) is 9.47 Å². The zero-order chi connectivity index (χ0) is 19.7. The number of carbonyl (C=O) groups excluding carboxylic acids is 1. The predicted molar refractivity (Wildman–Crippen MR) is 105 cm³/mol. The van der Waals surface area contributed by atoms with Crippen LogP contribution in [0.4, 0.5) is 0 Å². The van der Waals surface area contributed by atoms with Gasteiger partial charge >= 0.3 is 0 Å². The molecule has 0 unspecified atom stereocenters. The van der Waals surface area contributed by atoms with E-state index in [-0.39, 0.29) is 17.6 Å². The number of aromatic nitrogens is 2. The van der Waals surface area contributed by atoms with Gasteiger partial charge in [-0.2, -0.15) is 0 Å². The average molecular weight is 397 g/mol. The summed E-state index contributed by atoms with van der Waals surface area (Å²) >= 11 is 1.41. The maximum Gasteiger partial charge on any atom is 0.278 e. The van der Waals surface area contributed by atoms with Gasteiger partial charge in [-0.3, -0.25) is 9.59 Å². The van der Waals surface area contributed by atoms with Gasteiger partial charge in [-0.25, -0.2) is 4.98 Å². The molecule has 0 atom stereocenters. The van der Waals surface area contributed by atoms with Crippen molar-refractivity contribution >= 4 is 17.2 Å². The minimum atomic E-state index is -0.109. The molecule has 3 aromatic rings. The van der Waals surface area contributed by atoms with Crippen LogP contribution in [0.5, 0.6) is 16.7 Å². The summed E-state index contributed by atoms with van der Waals surface area (Å²) in [5, 5.41) is 2.40. The van der Waals surface area contributed by atoms with Gasteiger partial charge in [-0.15, -0.1) is 0 Å². The van der Waals surface area contributed by atoms with Gasteiger partial charge in [0.05, 0.1) is 13.1 Å². The molecule has 0 aliphatic carbocycles. The lowest BCUT2D eigenvalue weighted by Crippen LogP contribution is -2.56. The Labute approximate surface area is 165 Å². The maximum absolute atomic E-state index is 12.6. The molecule has 1 fully saturated rings. The Morgan fingerprint density at radius 3 is 2.57 bits per heavy atom. The van der Waals surface area contributed by atoms with Crippen LogP contribution in [0.25, 0.3) is 0 Å². The lowest BCUT2D eigenvalue weighted by Gasteiger charge is -2.39. The van der Waals surface area contributed by atoms with E-state index in [0.29, 0.717) is 35.3 Å². The highest BCUT2D eigenvalue weighted by Gasteiger charge is 2.33. The quantitative estimate of drug-likeness (QED) is 0.662. The summed E-state index contributed by atoms with van der Waals surface area (Å²) in [6.45, 7) is 2.83. The topological polar surface area (TPSA) is 73.7 Å². The van der Waals surface area contributed by atoms with Crippen LogP contribution in [0.15, 0.2) is 52.8 Å². The third kappa shape index (κ3) is 3.77. The number of amides is 1. The number of hydrogen-bond acceptors (Lipinski definition) is 6. The normalized spacial score (nSPS) is 13.9. The Bertz CT molecular complexity index is 1040. The summed E-state index contributed by atoms with van der Waals surface area (Å²) < 4.78 is 13.0. The SMILES string of the molecule is Cc1cc(OC2CN(C(=O)c3ccc(Oc4nccs4)cc3)C2)cc(=O)n1C. The van der Waals surface area contributed by atoms with E-state index in [9.17, 15) is 9.59 Å². The lowest BCUT2D eigenvalue weighted by atomic mass is 10.1. The fraction of sp³-hybridized carbons (Fsp3) is 0.250. The highest BCUT2D eigenvalue weighted by Crippen LogP contribution is 2.25. The number of hydrogen-bond donors (Lipinski definition) is 0. The molecule has 0 N–H and O–H groups in total. The summed E-state index contributed by atoms with van der Waals surface area (Å²) in [4.78, 5) is 30.2. The number of aryl methyl sites for hydroxylation is 1. The first-order chi connectivity index (χ1) is 13.5. The van der Waals surface area contributed by atoms with Gasteiger partial charge < -0.3 is 18.9 Å². The molecule has 4 rings (SSSR count). The van der Waals surface area contributed by atoms with Crippen LogP contribution in [0.2, 0.25) is 0 Å². The van der Waals surface area contributed by atoms with Gasteiger partial charge in [-0.1, -0.05) is 11.3 Å². The number of carbonyl (C=O) groups is 1. The van der Waals surface area contributed by atoms with Gasteiger partial charge in [0.15, 0.2) is 0 Å². The molecular weight excluding hydrogens is 378 g/mol. The van der Waals surface area contributed by atoms with Gasteiger partial charge in [-0.05, 0) is 37.3 Å². The number of nitrogens with zero attached hydrogens (tertiary/aromatic N) is 3. The highest BCUT2D eigenvalue weighted by molar-refractivity contribution is 7.11. The molecule has 0 saturated carbocycles. The molecule has 2 aromatic heterocycles. The van der Waals surface area contributed by atoms with Crippen molar-refractivity contribution in [2.75, 3.05) is 13.1 Å². The molecule has 0 bridgehead atoms. The van der Waals surface area contributed by atoms with E-state index in [1.54, 1.807) is 47.0 Å². The summed E-state index contributed by atoms with van der Waals surface area (Å²) in [7, 11) is 1.72. The molecule has 0 spiro atoms. The third-order valence-electron chi connectivity index (χ3n) is 4.63. The fourth-order valence-electron chi connectivity index (χ4n) is 2.89. The molecule has 0 radical (unpaired) electrons. The number of likely N-dealkylation sites (tertiary alicyclic amines) is 1. The molecule has 3 heterocycles. The van der Waals surface area contributed by atoms with Crippen molar-refractivity contribution < 1.29 is 14.3 Å². The summed E-state index contributed by atoms with van der Waals surface area (Å²) in [5.74, 6) is 1.12. The van der Waals surface area contributed by atoms with E-state index < -0.39 is 0 Å². The number of rotatable bonds is 5. The van der Waals surface area contributed by atoms with Crippen LogP contribution in [0.3, 0.4) is 0 Å². The fourth-order valence-corrected chi connectivity index (χ4v) is 3.39. The van der Waals surface area contributed by atoms with E-state index in [0.717, 1.165) is 5.69 Å². The van der Waals surface area contributed by atoms with Crippen LogP contribution in [-0.4, -0.2) is 39.6 Å². The summed E-state index contributed by atoms with van der Waals surface area (Å²) in [6.07, 6.45) is 1.57. The maximum atomic E-state index is 12.6. The van der Waals surface area contributed by atoms with E-state index >= 15 is 0 Å². The van der Waals surface area contributed by atoms with Gasteiger partial charge in [0, 0.05) is 35.9 Å². The molecule has 1 aliphatic heterocycles. The average Bonchev–Trinajstić information content (AvgIpc) is 3.15. The van der Waals surface area contributed by atoms with Crippen LogP contribution in [0, 0.1) is 6.92 Å². The lowest BCUT2D eigenvalue weighted by molar-refractivity contribution is 0.0176. The molecule has 144 valence electrons. The van der Waals surface area contributed by atoms with Crippen molar-refractivity contribution in [2.24, 2.45) is 7.05 Å². The largest absolute Gasteiger partial charge is 0.486 e. The standard InChI is InChI=1S/C20H19N3O4S/c1-13-9-16(10-18(24)22(13)2)26-17-11-23(12-17)19(25)14-3-5-15(6-4-14)27-20-21-7-8-28-20/h3-10,17H,11-12H2,1-2H3. The zero-order valence-electron chi connectivity index (χ0n) is 15.5. The van der Waals surface area contributed by atoms with Crippen molar-refractivity contribution in [3.63, 3.8) is 0 Å². The van der Waals surface area contributed by atoms with Crippen LogP contribution in [-0.2, 0) is 7.05 Å². The van der Waals surface area contributed by atoms with Crippen LogP contribution < -0.4 is 15.0 Å². The first-order valence-electron chi connectivity index (χ1n) is 8.80. The monoisotopic (exact) mass is 397 g/mol. The Morgan fingerprint density at radius 1 is 1.18 bits per heavy atom. The van der Waals surface area contributed by atoms with E-state index in [1.807, 2.05) is 18.4 Å². The van der Waals surface area contributed by atoms with Crippen molar-refractivity contribution in [3.8, 4) is 16.7 Å². The highest BCUT2D eigenvalue weighted by atomic mass is 32.1. The zero-order valence-corrected chi connectivity index (χ0v) is 16.3. The third-order valence-corrected chi connectivity index (χ3v) is 5.28. The Hall–Kier alpha value is -3.13. The number of pyridine rings is 1. The smallest absolute Gasteiger partial charge is 0.278 e. The molecule has 1 saturated heterocycles. The Kier molecular flexibility index (Phi) is 4.87. The second kappa shape index (κ2) is 7.47. The van der Waals surface area contributed by atoms with Gasteiger partial charge in [0.2, 0.25) is 0 Å². The molecular formula is C20H19N3O4S. The summed E-state index contributed by atoms with van der Waals surface area (Å²) in [5.41, 5.74) is 1.31. The second-order valence-corrected chi connectivity index (χ2v) is 7.46. The Morgan fingerprint density at radius 2 is 1.93 bits per heavy atom. The predicted octanol–water partition coefficient (Wildman–Crippen LogP) is 2.85. The van der Waals surface area contributed by atoms with Crippen LogP contribution in [0.1, 0.15) is 16.1 Å².